The lowest BCUT2D eigenvalue weighted by molar-refractivity contribution is -0.149. The van der Waals surface area contributed by atoms with Crippen LogP contribution in [0.1, 0.15) is 28.4 Å². The zero-order valence-corrected chi connectivity index (χ0v) is 19.0. The first-order chi connectivity index (χ1) is 16.5. The fourth-order valence-electron chi connectivity index (χ4n) is 3.91. The number of carboxylic acids is 1. The standard InChI is InChI=1S/C28H27NO5/c1-2-33-26(28(31)32)18-20-8-11-24(12-9-20)34-17-16-29-15-14-22-19-23(10-13-25(22)29)27(30)21-6-4-3-5-7-21/h3-15,19,26H,2,16-18H2,1H3,(H,31,32)/t26-/m0/s1. The molecule has 1 aromatic heterocycles. The van der Waals surface area contributed by atoms with E-state index < -0.39 is 12.1 Å². The van der Waals surface area contributed by atoms with Crippen LogP contribution in [0.5, 0.6) is 5.75 Å². The van der Waals surface area contributed by atoms with E-state index in [1.807, 2.05) is 85.1 Å². The number of hydrogen-bond acceptors (Lipinski definition) is 4. The molecule has 1 N–H and O–H groups in total. The molecule has 34 heavy (non-hydrogen) atoms. The van der Waals surface area contributed by atoms with Crippen molar-refractivity contribution in [2.45, 2.75) is 26.0 Å². The van der Waals surface area contributed by atoms with Gasteiger partial charge in [-0.25, -0.2) is 4.79 Å². The van der Waals surface area contributed by atoms with Crippen molar-refractivity contribution in [1.82, 2.24) is 4.57 Å². The van der Waals surface area contributed by atoms with Gasteiger partial charge in [0.25, 0.3) is 0 Å². The molecular formula is C28H27NO5. The Hall–Kier alpha value is -3.90. The van der Waals surface area contributed by atoms with Crippen LogP contribution in [0.15, 0.2) is 85.1 Å². The smallest absolute Gasteiger partial charge is 0.333 e. The minimum Gasteiger partial charge on any atom is -0.492 e. The van der Waals surface area contributed by atoms with Crippen LogP contribution in [-0.2, 0) is 22.5 Å². The van der Waals surface area contributed by atoms with Crippen molar-refractivity contribution in [2.75, 3.05) is 13.2 Å². The topological polar surface area (TPSA) is 77.8 Å². The number of rotatable bonds is 11. The highest BCUT2D eigenvalue weighted by Crippen LogP contribution is 2.20. The molecule has 0 saturated heterocycles. The summed E-state index contributed by atoms with van der Waals surface area (Å²) in [6.45, 7) is 3.27. The van der Waals surface area contributed by atoms with Crippen LogP contribution in [0, 0.1) is 0 Å². The van der Waals surface area contributed by atoms with Gasteiger partial charge in [0.15, 0.2) is 11.9 Å². The van der Waals surface area contributed by atoms with Gasteiger partial charge in [-0.1, -0.05) is 42.5 Å². The molecule has 0 unspecified atom stereocenters. The van der Waals surface area contributed by atoms with E-state index >= 15 is 0 Å². The number of aromatic nitrogens is 1. The molecule has 0 aliphatic carbocycles. The van der Waals surface area contributed by atoms with Gasteiger partial charge < -0.3 is 19.1 Å². The molecule has 0 amide bonds. The van der Waals surface area contributed by atoms with Gasteiger partial charge in [0.05, 0.1) is 6.54 Å². The number of ketones is 1. The number of carbonyl (C=O) groups is 2. The monoisotopic (exact) mass is 457 g/mol. The van der Waals surface area contributed by atoms with Gasteiger partial charge in [-0.3, -0.25) is 4.79 Å². The fourth-order valence-corrected chi connectivity index (χ4v) is 3.91. The van der Waals surface area contributed by atoms with E-state index in [0.29, 0.717) is 37.3 Å². The molecule has 0 spiro atoms. The molecule has 1 atom stereocenters. The summed E-state index contributed by atoms with van der Waals surface area (Å²) in [6.07, 6.45) is 1.46. The van der Waals surface area contributed by atoms with E-state index in [-0.39, 0.29) is 5.78 Å². The van der Waals surface area contributed by atoms with Crippen molar-refractivity contribution >= 4 is 22.7 Å². The third kappa shape index (κ3) is 5.53. The second kappa shape index (κ2) is 10.8. The predicted octanol–water partition coefficient (Wildman–Crippen LogP) is 4.98. The summed E-state index contributed by atoms with van der Waals surface area (Å²) >= 11 is 0. The molecule has 1 heterocycles. The maximum Gasteiger partial charge on any atom is 0.333 e. The van der Waals surface area contributed by atoms with Gasteiger partial charge in [0.2, 0.25) is 0 Å². The quantitative estimate of drug-likeness (QED) is 0.321. The van der Waals surface area contributed by atoms with Crippen LogP contribution in [0.2, 0.25) is 0 Å². The lowest BCUT2D eigenvalue weighted by atomic mass is 10.0. The average Bonchev–Trinajstić information content (AvgIpc) is 3.27. The highest BCUT2D eigenvalue weighted by atomic mass is 16.5. The van der Waals surface area contributed by atoms with E-state index in [0.717, 1.165) is 22.2 Å². The Labute approximate surface area is 198 Å². The van der Waals surface area contributed by atoms with Crippen LogP contribution < -0.4 is 4.74 Å². The lowest BCUT2D eigenvalue weighted by Crippen LogP contribution is -2.26. The first-order valence-corrected chi connectivity index (χ1v) is 11.3. The first kappa shape index (κ1) is 23.3. The summed E-state index contributed by atoms with van der Waals surface area (Å²) in [5, 5.41) is 10.2. The Morgan fingerprint density at radius 2 is 1.71 bits per heavy atom. The second-order valence-electron chi connectivity index (χ2n) is 7.96. The Balaban J connectivity index is 1.35. The zero-order valence-electron chi connectivity index (χ0n) is 19.0. The zero-order chi connectivity index (χ0) is 23.9. The molecule has 0 radical (unpaired) electrons. The molecule has 4 aromatic rings. The molecule has 0 aliphatic heterocycles. The van der Waals surface area contributed by atoms with E-state index in [2.05, 4.69) is 4.57 Å². The van der Waals surface area contributed by atoms with Crippen LogP contribution >= 0.6 is 0 Å². The minimum atomic E-state index is -0.960. The van der Waals surface area contributed by atoms with E-state index in [4.69, 9.17) is 9.47 Å². The summed E-state index contributed by atoms with van der Waals surface area (Å²) < 4.78 is 13.2. The van der Waals surface area contributed by atoms with Crippen LogP contribution in [0.3, 0.4) is 0 Å². The molecule has 6 nitrogen and oxygen atoms in total. The summed E-state index contributed by atoms with van der Waals surface area (Å²) in [5.41, 5.74) is 3.27. The number of ether oxygens (including phenoxy) is 2. The van der Waals surface area contributed by atoms with Gasteiger partial charge in [-0.15, -0.1) is 0 Å². The molecule has 0 bridgehead atoms. The van der Waals surface area contributed by atoms with Gasteiger partial charge in [-0.05, 0) is 48.9 Å². The molecule has 0 aliphatic rings. The molecule has 4 rings (SSSR count). The van der Waals surface area contributed by atoms with Crippen molar-refractivity contribution in [3.05, 3.63) is 102 Å². The Kier molecular flexibility index (Phi) is 7.40. The first-order valence-electron chi connectivity index (χ1n) is 11.3. The molecule has 0 fully saturated rings. The molecular weight excluding hydrogens is 430 g/mol. The number of nitrogens with zero attached hydrogens (tertiary/aromatic N) is 1. The SMILES string of the molecule is CCO[C@@H](Cc1ccc(OCCn2ccc3cc(C(=O)c4ccccc4)ccc32)cc1)C(=O)O. The number of carbonyl (C=O) groups excluding carboxylic acids is 1. The minimum absolute atomic E-state index is 0.0120. The second-order valence-corrected chi connectivity index (χ2v) is 7.96. The maximum atomic E-state index is 12.7. The summed E-state index contributed by atoms with van der Waals surface area (Å²) in [5.74, 6) is -0.227. The van der Waals surface area contributed by atoms with E-state index in [1.54, 1.807) is 6.92 Å². The number of hydrogen-bond donors (Lipinski definition) is 1. The maximum absolute atomic E-state index is 12.7. The van der Waals surface area contributed by atoms with Crippen LogP contribution in [-0.4, -0.2) is 40.7 Å². The summed E-state index contributed by atoms with van der Waals surface area (Å²) in [6, 6.07) is 24.4. The lowest BCUT2D eigenvalue weighted by Gasteiger charge is -2.13. The average molecular weight is 458 g/mol. The third-order valence-corrected chi connectivity index (χ3v) is 5.66. The van der Waals surface area contributed by atoms with Gasteiger partial charge in [0, 0.05) is 41.3 Å². The highest BCUT2D eigenvalue weighted by molar-refractivity contribution is 6.10. The van der Waals surface area contributed by atoms with E-state index in [9.17, 15) is 14.7 Å². The normalized spacial score (nSPS) is 11.9. The Morgan fingerprint density at radius 3 is 2.41 bits per heavy atom. The van der Waals surface area contributed by atoms with Crippen molar-refractivity contribution in [3.8, 4) is 5.75 Å². The number of fused-ring (bicyclic) bond motifs is 1. The number of aliphatic carboxylic acids is 1. The van der Waals surface area contributed by atoms with Gasteiger partial charge >= 0.3 is 5.97 Å². The van der Waals surface area contributed by atoms with Crippen LogP contribution in [0.25, 0.3) is 10.9 Å². The fraction of sp³-hybridized carbons (Fsp3) is 0.214. The Bertz CT molecular complexity index is 1260. The Morgan fingerprint density at radius 1 is 0.941 bits per heavy atom. The third-order valence-electron chi connectivity index (χ3n) is 5.66. The number of carboxylic acid groups (broad SMARTS) is 1. The van der Waals surface area contributed by atoms with Gasteiger partial charge in [0.1, 0.15) is 12.4 Å². The van der Waals surface area contributed by atoms with Crippen molar-refractivity contribution in [2.24, 2.45) is 0 Å². The molecule has 6 heteroatoms. The number of benzene rings is 3. The summed E-state index contributed by atoms with van der Waals surface area (Å²) in [7, 11) is 0. The van der Waals surface area contributed by atoms with E-state index in [1.165, 1.54) is 0 Å². The molecule has 0 saturated carbocycles. The van der Waals surface area contributed by atoms with Gasteiger partial charge in [-0.2, -0.15) is 0 Å². The highest BCUT2D eigenvalue weighted by Gasteiger charge is 2.17. The van der Waals surface area contributed by atoms with Crippen molar-refractivity contribution in [1.29, 1.82) is 0 Å². The summed E-state index contributed by atoms with van der Waals surface area (Å²) in [4.78, 5) is 24.0. The molecule has 3 aromatic carbocycles. The molecule has 174 valence electrons. The van der Waals surface area contributed by atoms with Crippen molar-refractivity contribution < 1.29 is 24.2 Å². The predicted molar refractivity (Wildman–Crippen MR) is 131 cm³/mol. The van der Waals surface area contributed by atoms with Crippen molar-refractivity contribution in [3.63, 3.8) is 0 Å². The van der Waals surface area contributed by atoms with Crippen LogP contribution in [0.4, 0.5) is 0 Å². The largest absolute Gasteiger partial charge is 0.492 e.